The molecule has 0 atom stereocenters. The van der Waals surface area contributed by atoms with E-state index in [0.29, 0.717) is 0 Å². The summed E-state index contributed by atoms with van der Waals surface area (Å²) in [5.74, 6) is 0. The molecular weight excluding hydrogens is 176 g/mol. The molecule has 0 spiro atoms. The third-order valence-corrected chi connectivity index (χ3v) is 2.64. The minimum atomic E-state index is 0.183. The Morgan fingerprint density at radius 1 is 1.50 bits per heavy atom. The largest absolute Gasteiger partial charge is 0.325 e. The molecule has 80 valence electrons. The number of rotatable bonds is 2. The maximum absolute atomic E-state index is 11.9. The van der Waals surface area contributed by atoms with Gasteiger partial charge in [0.1, 0.15) is 0 Å². The van der Waals surface area contributed by atoms with Crippen molar-refractivity contribution in [3.8, 4) is 0 Å². The smallest absolute Gasteiger partial charge is 0.320 e. The molecule has 0 saturated carbocycles. The van der Waals surface area contributed by atoms with Crippen LogP contribution in [0.15, 0.2) is 11.6 Å². The molecule has 3 nitrogen and oxygen atoms in total. The number of hydrogen-bond donors (Lipinski definition) is 0. The fraction of sp³-hybridized carbons (Fsp3) is 0.727. The Hall–Kier alpha value is -0.990. The summed E-state index contributed by atoms with van der Waals surface area (Å²) < 4.78 is 0. The molecule has 0 aliphatic carbocycles. The van der Waals surface area contributed by atoms with Crippen LogP contribution in [0.3, 0.4) is 0 Å². The van der Waals surface area contributed by atoms with Gasteiger partial charge >= 0.3 is 6.03 Å². The van der Waals surface area contributed by atoms with E-state index < -0.39 is 0 Å². The number of carbonyl (C=O) groups excluding carboxylic acids is 1. The second-order valence-corrected chi connectivity index (χ2v) is 3.72. The molecule has 3 heteroatoms. The quantitative estimate of drug-likeness (QED) is 0.620. The van der Waals surface area contributed by atoms with Gasteiger partial charge in [0.25, 0.3) is 0 Å². The first-order valence-corrected chi connectivity index (χ1v) is 5.38. The van der Waals surface area contributed by atoms with Gasteiger partial charge < -0.3 is 9.80 Å². The number of carbonyl (C=O) groups is 1. The third-order valence-electron chi connectivity index (χ3n) is 2.64. The molecule has 14 heavy (non-hydrogen) atoms. The van der Waals surface area contributed by atoms with Gasteiger partial charge in [-0.05, 0) is 27.2 Å². The standard InChI is InChI=1S/C11H20N2O/c1-4-12(5-2)11(14)13-8-6-7-10(3)9-13/h7H,4-6,8-9H2,1-3H3. The van der Waals surface area contributed by atoms with Crippen molar-refractivity contribution < 1.29 is 4.79 Å². The van der Waals surface area contributed by atoms with Crippen molar-refractivity contribution in [1.29, 1.82) is 0 Å². The summed E-state index contributed by atoms with van der Waals surface area (Å²) >= 11 is 0. The number of urea groups is 1. The van der Waals surface area contributed by atoms with Gasteiger partial charge in [-0.15, -0.1) is 0 Å². The predicted octanol–water partition coefficient (Wildman–Crippen LogP) is 2.10. The predicted molar refractivity (Wildman–Crippen MR) is 58.3 cm³/mol. The van der Waals surface area contributed by atoms with E-state index in [1.807, 2.05) is 23.6 Å². The van der Waals surface area contributed by atoms with Gasteiger partial charge in [-0.3, -0.25) is 0 Å². The first kappa shape index (κ1) is 11.1. The lowest BCUT2D eigenvalue weighted by molar-refractivity contribution is 0.160. The molecule has 1 aliphatic rings. The topological polar surface area (TPSA) is 23.6 Å². The molecule has 1 heterocycles. The Morgan fingerprint density at radius 2 is 2.14 bits per heavy atom. The van der Waals surface area contributed by atoms with E-state index in [1.54, 1.807) is 0 Å². The normalized spacial score (nSPS) is 16.5. The summed E-state index contributed by atoms with van der Waals surface area (Å²) in [6.07, 6.45) is 3.21. The summed E-state index contributed by atoms with van der Waals surface area (Å²) in [5.41, 5.74) is 1.30. The van der Waals surface area contributed by atoms with Gasteiger partial charge in [0.15, 0.2) is 0 Å². The Morgan fingerprint density at radius 3 is 2.64 bits per heavy atom. The Kier molecular flexibility index (Phi) is 3.98. The monoisotopic (exact) mass is 196 g/mol. The minimum Gasteiger partial charge on any atom is -0.325 e. The lowest BCUT2D eigenvalue weighted by atomic mass is 10.1. The van der Waals surface area contributed by atoms with Crippen LogP contribution in [0.25, 0.3) is 0 Å². The Bertz CT molecular complexity index is 231. The summed E-state index contributed by atoms with van der Waals surface area (Å²) in [7, 11) is 0. The van der Waals surface area contributed by atoms with Gasteiger partial charge in [0.2, 0.25) is 0 Å². The first-order valence-electron chi connectivity index (χ1n) is 5.38. The third kappa shape index (κ3) is 2.50. The summed E-state index contributed by atoms with van der Waals surface area (Å²) in [5, 5.41) is 0. The van der Waals surface area contributed by atoms with Crippen molar-refractivity contribution >= 4 is 6.03 Å². The van der Waals surface area contributed by atoms with Crippen LogP contribution >= 0.6 is 0 Å². The van der Waals surface area contributed by atoms with E-state index in [0.717, 1.165) is 32.6 Å². The molecule has 0 radical (unpaired) electrons. The van der Waals surface area contributed by atoms with Crippen LogP contribution in [-0.4, -0.2) is 42.0 Å². The van der Waals surface area contributed by atoms with Gasteiger partial charge in [-0.1, -0.05) is 11.6 Å². The Labute approximate surface area is 86.4 Å². The van der Waals surface area contributed by atoms with E-state index in [2.05, 4.69) is 13.0 Å². The SMILES string of the molecule is CCN(CC)C(=O)N1CCC=C(C)C1. The van der Waals surface area contributed by atoms with Gasteiger partial charge in [-0.25, -0.2) is 4.79 Å². The summed E-state index contributed by atoms with van der Waals surface area (Å²) in [4.78, 5) is 15.7. The fourth-order valence-corrected chi connectivity index (χ4v) is 1.77. The number of hydrogen-bond acceptors (Lipinski definition) is 1. The highest BCUT2D eigenvalue weighted by molar-refractivity contribution is 5.74. The van der Waals surface area contributed by atoms with E-state index in [-0.39, 0.29) is 6.03 Å². The summed E-state index contributed by atoms with van der Waals surface area (Å²) in [6.45, 7) is 9.40. The lowest BCUT2D eigenvalue weighted by Gasteiger charge is -2.31. The highest BCUT2D eigenvalue weighted by Gasteiger charge is 2.19. The highest BCUT2D eigenvalue weighted by atomic mass is 16.2. The fourth-order valence-electron chi connectivity index (χ4n) is 1.77. The van der Waals surface area contributed by atoms with E-state index >= 15 is 0 Å². The molecule has 0 N–H and O–H groups in total. The first-order chi connectivity index (χ1) is 6.69. The summed E-state index contributed by atoms with van der Waals surface area (Å²) in [6, 6.07) is 0.183. The van der Waals surface area contributed by atoms with Gasteiger partial charge in [0, 0.05) is 26.2 Å². The zero-order chi connectivity index (χ0) is 10.6. The molecule has 0 aromatic heterocycles. The van der Waals surface area contributed by atoms with Crippen molar-refractivity contribution in [3.63, 3.8) is 0 Å². The molecule has 0 fully saturated rings. The molecule has 0 unspecified atom stereocenters. The minimum absolute atomic E-state index is 0.183. The van der Waals surface area contributed by atoms with Crippen LogP contribution in [0.4, 0.5) is 4.79 Å². The number of nitrogens with zero attached hydrogens (tertiary/aromatic N) is 2. The van der Waals surface area contributed by atoms with Crippen LogP contribution in [0.1, 0.15) is 27.2 Å². The molecule has 0 aromatic rings. The van der Waals surface area contributed by atoms with Crippen molar-refractivity contribution in [3.05, 3.63) is 11.6 Å². The lowest BCUT2D eigenvalue weighted by Crippen LogP contribution is -2.45. The van der Waals surface area contributed by atoms with Crippen molar-refractivity contribution in [2.45, 2.75) is 27.2 Å². The average molecular weight is 196 g/mol. The van der Waals surface area contributed by atoms with E-state index in [1.165, 1.54) is 5.57 Å². The zero-order valence-electron chi connectivity index (χ0n) is 9.42. The molecule has 2 amide bonds. The van der Waals surface area contributed by atoms with Crippen LogP contribution in [0.2, 0.25) is 0 Å². The van der Waals surface area contributed by atoms with Crippen molar-refractivity contribution in [2.24, 2.45) is 0 Å². The maximum atomic E-state index is 11.9. The molecule has 0 saturated heterocycles. The molecule has 0 bridgehead atoms. The van der Waals surface area contributed by atoms with Crippen molar-refractivity contribution in [2.75, 3.05) is 26.2 Å². The zero-order valence-corrected chi connectivity index (χ0v) is 9.42. The second-order valence-electron chi connectivity index (χ2n) is 3.72. The van der Waals surface area contributed by atoms with Crippen LogP contribution in [0, 0.1) is 0 Å². The molecule has 0 aromatic carbocycles. The van der Waals surface area contributed by atoms with Crippen LogP contribution < -0.4 is 0 Å². The number of amides is 2. The average Bonchev–Trinajstić information content (AvgIpc) is 2.19. The van der Waals surface area contributed by atoms with E-state index in [4.69, 9.17) is 0 Å². The Balaban J connectivity index is 2.56. The molecule has 1 rings (SSSR count). The van der Waals surface area contributed by atoms with Crippen molar-refractivity contribution in [1.82, 2.24) is 9.80 Å². The second kappa shape index (κ2) is 5.03. The van der Waals surface area contributed by atoms with Gasteiger partial charge in [0.05, 0.1) is 0 Å². The van der Waals surface area contributed by atoms with Crippen LogP contribution in [-0.2, 0) is 0 Å². The molecular formula is C11H20N2O. The van der Waals surface area contributed by atoms with E-state index in [9.17, 15) is 4.79 Å². The van der Waals surface area contributed by atoms with Gasteiger partial charge in [-0.2, -0.15) is 0 Å². The van der Waals surface area contributed by atoms with Crippen LogP contribution in [0.5, 0.6) is 0 Å². The maximum Gasteiger partial charge on any atom is 0.320 e. The highest BCUT2D eigenvalue weighted by Crippen LogP contribution is 2.10. The molecule has 1 aliphatic heterocycles.